The lowest BCUT2D eigenvalue weighted by Crippen LogP contribution is -2.46. The highest BCUT2D eigenvalue weighted by Crippen LogP contribution is 2.14. The van der Waals surface area contributed by atoms with Crippen LogP contribution in [0.2, 0.25) is 0 Å². The van der Waals surface area contributed by atoms with Crippen LogP contribution < -0.4 is 21.3 Å². The van der Waals surface area contributed by atoms with E-state index in [-0.39, 0.29) is 11.4 Å². The van der Waals surface area contributed by atoms with Gasteiger partial charge in [0.15, 0.2) is 0 Å². The Hall–Kier alpha value is -4.68. The molecule has 0 bridgehead atoms. The molecule has 2 aromatic heterocycles. The molecule has 0 aliphatic carbocycles. The van der Waals surface area contributed by atoms with Gasteiger partial charge in [0.2, 0.25) is 11.8 Å². The minimum absolute atomic E-state index is 0.0984. The fraction of sp³-hybridized carbons (Fsp3) is 0.167. The number of carbonyl (C=O) groups is 4. The first-order valence-corrected chi connectivity index (χ1v) is 10.8. The van der Waals surface area contributed by atoms with Crippen molar-refractivity contribution in [2.45, 2.75) is 12.1 Å². The molecule has 0 spiro atoms. The second-order valence-electron chi connectivity index (χ2n) is 7.40. The molecule has 3 rings (SSSR count). The van der Waals surface area contributed by atoms with E-state index in [1.165, 1.54) is 48.8 Å². The maximum absolute atomic E-state index is 12.5. The molecule has 0 radical (unpaired) electrons. The number of anilines is 2. The van der Waals surface area contributed by atoms with Gasteiger partial charge >= 0.3 is 0 Å². The normalized spacial score (nSPS) is 12.1. The molecule has 0 saturated heterocycles. The van der Waals surface area contributed by atoms with Crippen LogP contribution >= 0.6 is 0 Å². The number of nitrogens with zero attached hydrogens (tertiary/aromatic N) is 2. The highest BCUT2D eigenvalue weighted by atomic mass is 16.3. The van der Waals surface area contributed by atoms with Crippen LogP contribution in [0.15, 0.2) is 73.1 Å². The zero-order chi connectivity index (χ0) is 25.9. The summed E-state index contributed by atoms with van der Waals surface area (Å²) >= 11 is 0. The number of pyridine rings is 2. The summed E-state index contributed by atoms with van der Waals surface area (Å²) in [6.07, 6.45) is 2.86. The van der Waals surface area contributed by atoms with Gasteiger partial charge in [0.25, 0.3) is 11.8 Å². The van der Waals surface area contributed by atoms with E-state index in [2.05, 4.69) is 31.2 Å². The predicted molar refractivity (Wildman–Crippen MR) is 129 cm³/mol. The number of benzene rings is 1. The molecule has 4 amide bonds. The SMILES string of the molecule is O=C(N[C@@H](CO)C(=O)Nc1ccc(NC(=O)[C@H](CO)NC(=O)c2ccccn2)cc1)c1ccccn1. The Morgan fingerprint density at radius 3 is 1.33 bits per heavy atom. The molecule has 36 heavy (non-hydrogen) atoms. The molecular weight excluding hydrogens is 468 g/mol. The van der Waals surface area contributed by atoms with Crippen molar-refractivity contribution >= 4 is 35.0 Å². The summed E-state index contributed by atoms with van der Waals surface area (Å²) in [4.78, 5) is 57.1. The van der Waals surface area contributed by atoms with E-state index in [4.69, 9.17) is 0 Å². The summed E-state index contributed by atoms with van der Waals surface area (Å²) in [6.45, 7) is -1.27. The summed E-state index contributed by atoms with van der Waals surface area (Å²) < 4.78 is 0. The summed E-state index contributed by atoms with van der Waals surface area (Å²) in [5, 5.41) is 29.0. The Morgan fingerprint density at radius 2 is 1.03 bits per heavy atom. The maximum atomic E-state index is 12.5. The summed E-state index contributed by atoms with van der Waals surface area (Å²) in [6, 6.07) is 13.0. The molecule has 0 saturated carbocycles. The summed E-state index contributed by atoms with van der Waals surface area (Å²) in [7, 11) is 0. The van der Waals surface area contributed by atoms with E-state index in [9.17, 15) is 29.4 Å². The third kappa shape index (κ3) is 7.16. The van der Waals surface area contributed by atoms with Gasteiger partial charge in [-0.1, -0.05) is 12.1 Å². The van der Waals surface area contributed by atoms with Gasteiger partial charge in [-0.15, -0.1) is 0 Å². The number of aliphatic hydroxyl groups excluding tert-OH is 2. The van der Waals surface area contributed by atoms with Crippen molar-refractivity contribution in [3.63, 3.8) is 0 Å². The van der Waals surface area contributed by atoms with Gasteiger partial charge in [0.1, 0.15) is 23.5 Å². The Bertz CT molecular complexity index is 1100. The molecule has 12 heteroatoms. The van der Waals surface area contributed by atoms with Crippen molar-refractivity contribution in [1.29, 1.82) is 0 Å². The maximum Gasteiger partial charge on any atom is 0.270 e. The molecule has 186 valence electrons. The lowest BCUT2D eigenvalue weighted by Gasteiger charge is -2.17. The molecule has 0 aliphatic heterocycles. The molecule has 1 aromatic carbocycles. The first kappa shape index (κ1) is 25.9. The van der Waals surface area contributed by atoms with Crippen LogP contribution in [0, 0.1) is 0 Å². The number of hydrogen-bond donors (Lipinski definition) is 6. The highest BCUT2D eigenvalue weighted by molar-refractivity contribution is 6.02. The van der Waals surface area contributed by atoms with Crippen molar-refractivity contribution in [3.05, 3.63) is 84.4 Å². The molecule has 6 N–H and O–H groups in total. The Morgan fingerprint density at radius 1 is 0.639 bits per heavy atom. The van der Waals surface area contributed by atoms with Crippen molar-refractivity contribution in [3.8, 4) is 0 Å². The van der Waals surface area contributed by atoms with Gasteiger partial charge in [0, 0.05) is 23.8 Å². The first-order valence-electron chi connectivity index (χ1n) is 10.8. The van der Waals surface area contributed by atoms with Crippen molar-refractivity contribution in [1.82, 2.24) is 20.6 Å². The molecule has 2 heterocycles. The van der Waals surface area contributed by atoms with Crippen molar-refractivity contribution < 1.29 is 29.4 Å². The number of nitrogens with one attached hydrogen (secondary N) is 4. The number of aromatic nitrogens is 2. The van der Waals surface area contributed by atoms with Crippen LogP contribution in [0.4, 0.5) is 11.4 Å². The summed E-state index contributed by atoms with van der Waals surface area (Å²) in [5.74, 6) is -2.54. The summed E-state index contributed by atoms with van der Waals surface area (Å²) in [5.41, 5.74) is 0.874. The predicted octanol–water partition coefficient (Wildman–Crippen LogP) is -0.0646. The lowest BCUT2D eigenvalue weighted by molar-refractivity contribution is -0.119. The fourth-order valence-corrected chi connectivity index (χ4v) is 2.94. The van der Waals surface area contributed by atoms with Crippen LogP contribution in [0.1, 0.15) is 21.0 Å². The van der Waals surface area contributed by atoms with Crippen LogP contribution in [0.3, 0.4) is 0 Å². The number of aliphatic hydroxyl groups is 2. The smallest absolute Gasteiger partial charge is 0.270 e. The second kappa shape index (κ2) is 12.7. The molecular formula is C24H24N6O6. The van der Waals surface area contributed by atoms with Gasteiger partial charge < -0.3 is 31.5 Å². The van der Waals surface area contributed by atoms with E-state index in [1.807, 2.05) is 0 Å². The average Bonchev–Trinajstić information content (AvgIpc) is 2.91. The van der Waals surface area contributed by atoms with E-state index in [0.717, 1.165) is 0 Å². The number of carbonyl (C=O) groups excluding carboxylic acids is 4. The Balaban J connectivity index is 1.55. The molecule has 0 fully saturated rings. The minimum Gasteiger partial charge on any atom is -0.394 e. The largest absolute Gasteiger partial charge is 0.394 e. The fourth-order valence-electron chi connectivity index (χ4n) is 2.94. The van der Waals surface area contributed by atoms with Crippen LogP contribution in [-0.4, -0.2) is 69.1 Å². The molecule has 3 aromatic rings. The van der Waals surface area contributed by atoms with Gasteiger partial charge in [-0.2, -0.15) is 0 Å². The third-order valence-corrected chi connectivity index (χ3v) is 4.82. The van der Waals surface area contributed by atoms with Crippen LogP contribution in [0.25, 0.3) is 0 Å². The minimum atomic E-state index is -1.22. The zero-order valence-corrected chi connectivity index (χ0v) is 18.9. The standard InChI is InChI=1S/C24H24N6O6/c31-13-19(29-21(33)17-5-1-3-11-25-17)23(35)27-15-7-9-16(10-8-15)28-24(36)20(14-32)30-22(34)18-6-2-4-12-26-18/h1-12,19-20,31-32H,13-14H2,(H,27,35)(H,28,36)(H,29,33)(H,30,34)/t19-,20-/m0/s1. The first-order chi connectivity index (χ1) is 17.4. The molecule has 2 atom stereocenters. The van der Waals surface area contributed by atoms with Crippen LogP contribution in [0.5, 0.6) is 0 Å². The lowest BCUT2D eigenvalue weighted by atomic mass is 10.2. The molecule has 0 aliphatic rings. The number of amides is 4. The molecule has 0 unspecified atom stereocenters. The van der Waals surface area contributed by atoms with Crippen molar-refractivity contribution in [2.24, 2.45) is 0 Å². The van der Waals surface area contributed by atoms with Crippen LogP contribution in [-0.2, 0) is 9.59 Å². The monoisotopic (exact) mass is 492 g/mol. The van der Waals surface area contributed by atoms with Crippen molar-refractivity contribution in [2.75, 3.05) is 23.8 Å². The van der Waals surface area contributed by atoms with E-state index < -0.39 is 48.9 Å². The van der Waals surface area contributed by atoms with E-state index in [1.54, 1.807) is 24.3 Å². The average molecular weight is 492 g/mol. The van der Waals surface area contributed by atoms with Gasteiger partial charge in [-0.05, 0) is 48.5 Å². The Kier molecular flexibility index (Phi) is 9.14. The van der Waals surface area contributed by atoms with Gasteiger partial charge in [-0.25, -0.2) is 0 Å². The van der Waals surface area contributed by atoms with E-state index in [0.29, 0.717) is 11.4 Å². The highest BCUT2D eigenvalue weighted by Gasteiger charge is 2.23. The zero-order valence-electron chi connectivity index (χ0n) is 18.9. The molecule has 12 nitrogen and oxygen atoms in total. The van der Waals surface area contributed by atoms with Gasteiger partial charge in [-0.3, -0.25) is 29.1 Å². The van der Waals surface area contributed by atoms with Gasteiger partial charge in [0.05, 0.1) is 13.2 Å². The Labute approximate surface area is 205 Å². The quantitative estimate of drug-likeness (QED) is 0.227. The van der Waals surface area contributed by atoms with E-state index >= 15 is 0 Å². The number of rotatable bonds is 10. The number of hydrogen-bond acceptors (Lipinski definition) is 8. The third-order valence-electron chi connectivity index (χ3n) is 4.82. The second-order valence-corrected chi connectivity index (χ2v) is 7.40. The topological polar surface area (TPSA) is 183 Å².